The van der Waals surface area contributed by atoms with E-state index in [4.69, 9.17) is 5.84 Å². The lowest BCUT2D eigenvalue weighted by molar-refractivity contribution is -0.384. The minimum atomic E-state index is -0.571. The first-order valence-electron chi connectivity index (χ1n) is 6.26. The Labute approximate surface area is 120 Å². The molecule has 1 fully saturated rings. The van der Waals surface area contributed by atoms with Crippen molar-refractivity contribution in [1.29, 1.82) is 0 Å². The predicted molar refractivity (Wildman–Crippen MR) is 78.7 cm³/mol. The van der Waals surface area contributed by atoms with Gasteiger partial charge >= 0.3 is 0 Å². The molecule has 1 aromatic rings. The number of carbonyl (C=O) groups excluding carboxylic acids is 1. The van der Waals surface area contributed by atoms with E-state index in [2.05, 4.69) is 10.7 Å². The molecule has 8 heteroatoms. The van der Waals surface area contributed by atoms with Crippen LogP contribution in [0, 0.1) is 10.1 Å². The summed E-state index contributed by atoms with van der Waals surface area (Å²) in [7, 11) is 0. The van der Waals surface area contributed by atoms with Gasteiger partial charge < -0.3 is 10.7 Å². The van der Waals surface area contributed by atoms with Gasteiger partial charge in [0.2, 0.25) is 0 Å². The number of nitrogens with two attached hydrogens (primary N) is 1. The Balaban J connectivity index is 2.05. The molecular formula is C12H16N4O3S. The van der Waals surface area contributed by atoms with Crippen molar-refractivity contribution in [2.75, 3.05) is 17.7 Å². The quantitative estimate of drug-likeness (QED) is 0.431. The molecule has 0 spiro atoms. The smallest absolute Gasteiger partial charge is 0.294 e. The van der Waals surface area contributed by atoms with Gasteiger partial charge in [-0.1, -0.05) is 0 Å². The van der Waals surface area contributed by atoms with Gasteiger partial charge in [0.25, 0.3) is 11.6 Å². The van der Waals surface area contributed by atoms with Gasteiger partial charge in [0.15, 0.2) is 0 Å². The molecule has 0 bridgehead atoms. The van der Waals surface area contributed by atoms with E-state index in [-0.39, 0.29) is 22.8 Å². The van der Waals surface area contributed by atoms with Crippen LogP contribution >= 0.6 is 11.8 Å². The Morgan fingerprint density at radius 1 is 1.55 bits per heavy atom. The summed E-state index contributed by atoms with van der Waals surface area (Å²) >= 11 is 1.84. The van der Waals surface area contributed by atoms with Crippen molar-refractivity contribution in [3.05, 3.63) is 33.9 Å². The average molecular weight is 296 g/mol. The second-order valence-electron chi connectivity index (χ2n) is 4.48. The number of hydrazine groups is 1. The third-order valence-corrected chi connectivity index (χ3v) is 4.52. The molecule has 0 saturated carbocycles. The molecule has 0 aromatic heterocycles. The lowest BCUT2D eigenvalue weighted by Crippen LogP contribution is -2.29. The summed E-state index contributed by atoms with van der Waals surface area (Å²) in [5.74, 6) is 6.02. The molecule has 4 N–H and O–H groups in total. The fourth-order valence-electron chi connectivity index (χ4n) is 2.06. The van der Waals surface area contributed by atoms with E-state index in [1.165, 1.54) is 24.6 Å². The summed E-state index contributed by atoms with van der Waals surface area (Å²) in [6, 6.07) is 4.17. The number of nitrogens with zero attached hydrogens (tertiary/aromatic N) is 1. The largest absolute Gasteiger partial charge is 0.351 e. The first-order chi connectivity index (χ1) is 9.61. The van der Waals surface area contributed by atoms with Crippen molar-refractivity contribution < 1.29 is 9.72 Å². The molecule has 2 rings (SSSR count). The Morgan fingerprint density at radius 2 is 2.35 bits per heavy atom. The maximum Gasteiger partial charge on any atom is 0.294 e. The van der Waals surface area contributed by atoms with E-state index in [9.17, 15) is 14.9 Å². The van der Waals surface area contributed by atoms with Crippen LogP contribution in [0.1, 0.15) is 23.2 Å². The number of anilines is 1. The first kappa shape index (κ1) is 14.6. The minimum absolute atomic E-state index is 0.179. The molecule has 20 heavy (non-hydrogen) atoms. The number of benzene rings is 1. The van der Waals surface area contributed by atoms with Crippen molar-refractivity contribution in [2.45, 2.75) is 18.1 Å². The number of thioether (sulfide) groups is 1. The number of rotatable bonds is 5. The Bertz CT molecular complexity index is 517. The van der Waals surface area contributed by atoms with Gasteiger partial charge in [-0.2, -0.15) is 11.8 Å². The van der Waals surface area contributed by atoms with Crippen LogP contribution in [0.25, 0.3) is 0 Å². The average Bonchev–Trinajstić information content (AvgIpc) is 2.97. The van der Waals surface area contributed by atoms with Crippen molar-refractivity contribution in [3.8, 4) is 0 Å². The van der Waals surface area contributed by atoms with E-state index >= 15 is 0 Å². The van der Waals surface area contributed by atoms with Crippen LogP contribution in [0.2, 0.25) is 0 Å². The number of nitrogens with one attached hydrogen (secondary N) is 2. The maximum atomic E-state index is 12.0. The van der Waals surface area contributed by atoms with E-state index in [1.807, 2.05) is 11.8 Å². The van der Waals surface area contributed by atoms with E-state index < -0.39 is 4.92 Å². The third kappa shape index (κ3) is 3.40. The lowest BCUT2D eigenvalue weighted by atomic mass is 10.1. The van der Waals surface area contributed by atoms with Crippen LogP contribution in [0.15, 0.2) is 18.2 Å². The Morgan fingerprint density at radius 3 is 2.95 bits per heavy atom. The van der Waals surface area contributed by atoms with Crippen molar-refractivity contribution in [2.24, 2.45) is 5.84 Å². The maximum absolute atomic E-state index is 12.0. The summed E-state index contributed by atoms with van der Waals surface area (Å²) in [5, 5.41) is 14.2. The minimum Gasteiger partial charge on any atom is -0.351 e. The molecular weight excluding hydrogens is 280 g/mol. The Kier molecular flexibility index (Phi) is 4.80. The number of amides is 1. The van der Waals surface area contributed by atoms with Gasteiger partial charge in [-0.15, -0.1) is 0 Å². The molecule has 1 aliphatic rings. The van der Waals surface area contributed by atoms with Crippen LogP contribution in [-0.4, -0.2) is 28.4 Å². The zero-order chi connectivity index (χ0) is 14.5. The van der Waals surface area contributed by atoms with Gasteiger partial charge in [-0.25, -0.2) is 0 Å². The highest BCUT2D eigenvalue weighted by Crippen LogP contribution is 2.26. The van der Waals surface area contributed by atoms with Crippen LogP contribution in [0.4, 0.5) is 11.4 Å². The number of nitrogen functional groups attached to an aromatic ring is 1. The van der Waals surface area contributed by atoms with Gasteiger partial charge in [-0.05, 0) is 30.7 Å². The zero-order valence-electron chi connectivity index (χ0n) is 10.8. The third-order valence-electron chi connectivity index (χ3n) is 3.13. The molecule has 108 valence electrons. The van der Waals surface area contributed by atoms with Gasteiger partial charge in [0.1, 0.15) is 5.69 Å². The SMILES string of the molecule is NNc1ccc(C(=O)NCC2CCCS2)cc1[N+](=O)[O-]. The number of carbonyl (C=O) groups is 1. The Hall–Kier alpha value is -1.80. The molecule has 1 atom stereocenters. The fourth-order valence-corrected chi connectivity index (χ4v) is 3.26. The van der Waals surface area contributed by atoms with E-state index in [1.54, 1.807) is 0 Å². The second-order valence-corrected chi connectivity index (χ2v) is 5.89. The van der Waals surface area contributed by atoms with Crippen LogP contribution in [-0.2, 0) is 0 Å². The zero-order valence-corrected chi connectivity index (χ0v) is 11.6. The van der Waals surface area contributed by atoms with Crippen molar-refractivity contribution in [3.63, 3.8) is 0 Å². The highest BCUT2D eigenvalue weighted by molar-refractivity contribution is 8.00. The predicted octanol–water partition coefficient (Wildman–Crippen LogP) is 1.51. The normalized spacial score (nSPS) is 17.8. The second kappa shape index (κ2) is 6.58. The molecule has 0 radical (unpaired) electrons. The molecule has 7 nitrogen and oxygen atoms in total. The molecule has 1 aromatic carbocycles. The summed E-state index contributed by atoms with van der Waals surface area (Å²) in [6.07, 6.45) is 2.27. The van der Waals surface area contributed by atoms with Crippen LogP contribution in [0.3, 0.4) is 0 Å². The number of nitro benzene ring substituents is 1. The monoisotopic (exact) mass is 296 g/mol. The van der Waals surface area contributed by atoms with Crippen LogP contribution in [0.5, 0.6) is 0 Å². The molecule has 0 aliphatic carbocycles. The van der Waals surface area contributed by atoms with Gasteiger partial charge in [0.05, 0.1) is 4.92 Å². The highest BCUT2D eigenvalue weighted by Gasteiger charge is 2.19. The summed E-state index contributed by atoms with van der Waals surface area (Å²) in [5.41, 5.74) is 2.47. The first-order valence-corrected chi connectivity index (χ1v) is 7.31. The lowest BCUT2D eigenvalue weighted by Gasteiger charge is -2.10. The number of nitro groups is 1. The van der Waals surface area contributed by atoms with Crippen molar-refractivity contribution in [1.82, 2.24) is 5.32 Å². The standard InChI is InChI=1S/C12H16N4O3S/c13-15-10-4-3-8(6-11(10)16(18)19)12(17)14-7-9-2-1-5-20-9/h3-4,6,9,15H,1-2,5,7,13H2,(H,14,17). The van der Waals surface area contributed by atoms with E-state index in [0.29, 0.717) is 11.8 Å². The van der Waals surface area contributed by atoms with Gasteiger partial charge in [-0.3, -0.25) is 20.8 Å². The summed E-state index contributed by atoms with van der Waals surface area (Å²) in [6.45, 7) is 0.591. The molecule has 1 saturated heterocycles. The molecule has 1 amide bonds. The molecule has 1 aliphatic heterocycles. The molecule has 1 unspecified atom stereocenters. The topological polar surface area (TPSA) is 110 Å². The summed E-state index contributed by atoms with van der Waals surface area (Å²) < 4.78 is 0. The summed E-state index contributed by atoms with van der Waals surface area (Å²) in [4.78, 5) is 22.3. The van der Waals surface area contributed by atoms with Crippen LogP contribution < -0.4 is 16.6 Å². The van der Waals surface area contributed by atoms with E-state index in [0.717, 1.165) is 12.2 Å². The molecule has 1 heterocycles. The van der Waals surface area contributed by atoms with Crippen molar-refractivity contribution >= 4 is 29.0 Å². The number of hydrogen-bond donors (Lipinski definition) is 3. The van der Waals surface area contributed by atoms with Gasteiger partial charge in [0, 0.05) is 23.4 Å². The fraction of sp³-hybridized carbons (Fsp3) is 0.417. The number of hydrogen-bond acceptors (Lipinski definition) is 6. The highest BCUT2D eigenvalue weighted by atomic mass is 32.2.